The summed E-state index contributed by atoms with van der Waals surface area (Å²) in [5, 5.41) is 0. The highest BCUT2D eigenvalue weighted by Crippen LogP contribution is 2.53. The Morgan fingerprint density at radius 3 is 2.56 bits per heavy atom. The van der Waals surface area contributed by atoms with Gasteiger partial charge in [0.05, 0.1) is 6.61 Å². The molecule has 2 aromatic carbocycles. The Hall–Kier alpha value is -3.68. The summed E-state index contributed by atoms with van der Waals surface area (Å²) >= 11 is 0. The number of amidine groups is 1. The molecule has 1 aromatic heterocycles. The number of ether oxygens (including phenoxy) is 3. The standard InChI is InChI=1S/C24H23FN4O3/c1-23(2,3)11-30-16-4-5-20-17(8-16)24(12-31-22(26)29-24)18-6-14(7-19(25)21(18)32-20)15-9-27-13-28-10-15/h4-10,13H,11-12H2,1-3H3,(H2,26,29)/t24-/m1/s1. The lowest BCUT2D eigenvalue weighted by Gasteiger charge is -2.34. The van der Waals surface area contributed by atoms with Crippen molar-refractivity contribution in [3.8, 4) is 28.4 Å². The van der Waals surface area contributed by atoms with Gasteiger partial charge in [0, 0.05) is 29.1 Å². The molecule has 0 saturated carbocycles. The van der Waals surface area contributed by atoms with Crippen LogP contribution in [0.1, 0.15) is 31.9 Å². The average Bonchev–Trinajstić information content (AvgIpc) is 3.15. The van der Waals surface area contributed by atoms with E-state index in [1.807, 2.05) is 12.1 Å². The molecule has 3 heterocycles. The van der Waals surface area contributed by atoms with E-state index in [1.54, 1.807) is 24.5 Å². The predicted octanol–water partition coefficient (Wildman–Crippen LogP) is 4.40. The summed E-state index contributed by atoms with van der Waals surface area (Å²) in [6.07, 6.45) is 4.67. The van der Waals surface area contributed by atoms with Crippen LogP contribution in [0.5, 0.6) is 17.2 Å². The van der Waals surface area contributed by atoms with Gasteiger partial charge in [-0.15, -0.1) is 0 Å². The Morgan fingerprint density at radius 2 is 1.88 bits per heavy atom. The van der Waals surface area contributed by atoms with E-state index in [2.05, 4.69) is 35.7 Å². The van der Waals surface area contributed by atoms with Gasteiger partial charge in [-0.3, -0.25) is 0 Å². The summed E-state index contributed by atoms with van der Waals surface area (Å²) in [7, 11) is 0. The van der Waals surface area contributed by atoms with E-state index in [4.69, 9.17) is 19.9 Å². The van der Waals surface area contributed by atoms with Crippen LogP contribution in [0, 0.1) is 11.2 Å². The van der Waals surface area contributed by atoms with E-state index >= 15 is 4.39 Å². The predicted molar refractivity (Wildman–Crippen MR) is 117 cm³/mol. The van der Waals surface area contributed by atoms with Crippen LogP contribution in [0.15, 0.2) is 54.0 Å². The third-order valence-corrected chi connectivity index (χ3v) is 5.39. The molecule has 32 heavy (non-hydrogen) atoms. The fourth-order valence-corrected chi connectivity index (χ4v) is 3.89. The Kier molecular flexibility index (Phi) is 4.54. The van der Waals surface area contributed by atoms with Crippen LogP contribution in [-0.2, 0) is 10.3 Å². The number of benzene rings is 2. The summed E-state index contributed by atoms with van der Waals surface area (Å²) in [6.45, 7) is 6.95. The maximum absolute atomic E-state index is 15.3. The van der Waals surface area contributed by atoms with Crippen molar-refractivity contribution < 1.29 is 18.6 Å². The molecule has 8 heteroatoms. The molecule has 0 saturated heterocycles. The van der Waals surface area contributed by atoms with Crippen molar-refractivity contribution in [2.75, 3.05) is 13.2 Å². The first kappa shape index (κ1) is 20.2. The Morgan fingerprint density at radius 1 is 1.09 bits per heavy atom. The molecule has 0 bridgehead atoms. The van der Waals surface area contributed by atoms with Gasteiger partial charge in [0.15, 0.2) is 17.1 Å². The minimum absolute atomic E-state index is 0.00841. The van der Waals surface area contributed by atoms with Crippen molar-refractivity contribution in [2.45, 2.75) is 26.3 Å². The molecular weight excluding hydrogens is 411 g/mol. The van der Waals surface area contributed by atoms with Crippen LogP contribution in [0.4, 0.5) is 4.39 Å². The second-order valence-corrected chi connectivity index (χ2v) is 9.17. The van der Waals surface area contributed by atoms with Gasteiger partial charge < -0.3 is 19.9 Å². The molecule has 164 valence electrons. The molecule has 0 fully saturated rings. The topological polar surface area (TPSA) is 91.9 Å². The monoisotopic (exact) mass is 434 g/mol. The quantitative estimate of drug-likeness (QED) is 0.657. The van der Waals surface area contributed by atoms with Crippen molar-refractivity contribution >= 4 is 6.02 Å². The number of fused-ring (bicyclic) bond motifs is 4. The summed E-state index contributed by atoms with van der Waals surface area (Å²) in [5.74, 6) is 0.736. The van der Waals surface area contributed by atoms with Crippen LogP contribution in [0.2, 0.25) is 0 Å². The average molecular weight is 434 g/mol. The number of hydrogen-bond donors (Lipinski definition) is 1. The first-order chi connectivity index (χ1) is 15.2. The van der Waals surface area contributed by atoms with Gasteiger partial charge in [-0.05, 0) is 41.3 Å². The van der Waals surface area contributed by atoms with Crippen molar-refractivity contribution in [1.29, 1.82) is 0 Å². The maximum Gasteiger partial charge on any atom is 0.283 e. The van der Waals surface area contributed by atoms with Crippen LogP contribution < -0.4 is 15.2 Å². The fraction of sp³-hybridized carbons (Fsp3) is 0.292. The summed E-state index contributed by atoms with van der Waals surface area (Å²) < 4.78 is 32.8. The zero-order valence-corrected chi connectivity index (χ0v) is 18.1. The van der Waals surface area contributed by atoms with E-state index in [9.17, 15) is 0 Å². The zero-order valence-electron chi connectivity index (χ0n) is 18.1. The van der Waals surface area contributed by atoms with E-state index in [-0.39, 0.29) is 23.8 Å². The van der Waals surface area contributed by atoms with Crippen molar-refractivity contribution in [3.05, 3.63) is 66.0 Å². The summed E-state index contributed by atoms with van der Waals surface area (Å²) in [4.78, 5) is 12.7. The second kappa shape index (κ2) is 7.19. The molecule has 7 nitrogen and oxygen atoms in total. The fourth-order valence-electron chi connectivity index (χ4n) is 3.89. The molecule has 0 radical (unpaired) electrons. The second-order valence-electron chi connectivity index (χ2n) is 9.17. The normalized spacial score (nSPS) is 18.9. The van der Waals surface area contributed by atoms with Gasteiger partial charge >= 0.3 is 0 Å². The van der Waals surface area contributed by atoms with Crippen LogP contribution in [0.25, 0.3) is 11.1 Å². The van der Waals surface area contributed by atoms with E-state index < -0.39 is 11.4 Å². The maximum atomic E-state index is 15.3. The van der Waals surface area contributed by atoms with E-state index in [0.29, 0.717) is 40.4 Å². The lowest BCUT2D eigenvalue weighted by atomic mass is 9.80. The molecule has 2 aliphatic heterocycles. The molecule has 1 atom stereocenters. The molecule has 0 amide bonds. The van der Waals surface area contributed by atoms with E-state index in [1.165, 1.54) is 12.4 Å². The van der Waals surface area contributed by atoms with Crippen LogP contribution >= 0.6 is 0 Å². The molecule has 1 spiro atoms. The molecular formula is C24H23FN4O3. The van der Waals surface area contributed by atoms with Gasteiger partial charge in [0.1, 0.15) is 24.4 Å². The Bertz CT molecular complexity index is 1220. The first-order valence-corrected chi connectivity index (χ1v) is 10.3. The van der Waals surface area contributed by atoms with E-state index in [0.717, 1.165) is 0 Å². The van der Waals surface area contributed by atoms with Gasteiger partial charge in [0.25, 0.3) is 6.02 Å². The van der Waals surface area contributed by atoms with Crippen LogP contribution in [-0.4, -0.2) is 29.2 Å². The van der Waals surface area contributed by atoms with Crippen molar-refractivity contribution in [3.63, 3.8) is 0 Å². The van der Waals surface area contributed by atoms with Gasteiger partial charge in [-0.1, -0.05) is 20.8 Å². The lowest BCUT2D eigenvalue weighted by Crippen LogP contribution is -2.31. The molecule has 3 aromatic rings. The van der Waals surface area contributed by atoms with Crippen molar-refractivity contribution in [1.82, 2.24) is 9.97 Å². The largest absolute Gasteiger partial charge is 0.493 e. The van der Waals surface area contributed by atoms with Crippen molar-refractivity contribution in [2.24, 2.45) is 16.1 Å². The highest BCUT2D eigenvalue weighted by molar-refractivity contribution is 5.78. The smallest absolute Gasteiger partial charge is 0.283 e. The lowest BCUT2D eigenvalue weighted by molar-refractivity contribution is 0.197. The number of halogens is 1. The third-order valence-electron chi connectivity index (χ3n) is 5.39. The number of rotatable bonds is 3. The number of aromatic nitrogens is 2. The molecule has 0 unspecified atom stereocenters. The number of aliphatic imine (C=N–C) groups is 1. The highest BCUT2D eigenvalue weighted by Gasteiger charge is 2.48. The Labute approximate surface area is 185 Å². The first-order valence-electron chi connectivity index (χ1n) is 10.3. The zero-order chi connectivity index (χ0) is 22.5. The Balaban J connectivity index is 1.67. The minimum Gasteiger partial charge on any atom is -0.493 e. The minimum atomic E-state index is -1.05. The number of nitrogens with two attached hydrogens (primary N) is 1. The van der Waals surface area contributed by atoms with Gasteiger partial charge in [-0.25, -0.2) is 19.4 Å². The van der Waals surface area contributed by atoms with Gasteiger partial charge in [-0.2, -0.15) is 0 Å². The summed E-state index contributed by atoms with van der Waals surface area (Å²) in [5.41, 5.74) is 7.39. The van der Waals surface area contributed by atoms with Gasteiger partial charge in [0.2, 0.25) is 0 Å². The third kappa shape index (κ3) is 3.41. The highest BCUT2D eigenvalue weighted by atomic mass is 19.1. The van der Waals surface area contributed by atoms with Crippen LogP contribution in [0.3, 0.4) is 0 Å². The molecule has 2 aliphatic rings. The summed E-state index contributed by atoms with van der Waals surface area (Å²) in [6, 6.07) is 8.71. The molecule has 2 N–H and O–H groups in total. The molecule has 0 aliphatic carbocycles. The number of nitrogens with zero attached hydrogens (tertiary/aromatic N) is 3. The number of hydrogen-bond acceptors (Lipinski definition) is 7. The molecule has 5 rings (SSSR count). The SMILES string of the molecule is CC(C)(C)COc1ccc2c(c1)[C@]1(COC(N)=N1)c1cc(-c3cncnc3)cc(F)c1O2.